The van der Waals surface area contributed by atoms with Gasteiger partial charge in [-0.25, -0.2) is 4.99 Å². The summed E-state index contributed by atoms with van der Waals surface area (Å²) < 4.78 is 6.06. The van der Waals surface area contributed by atoms with Gasteiger partial charge in [-0.1, -0.05) is 47.6 Å². The fourth-order valence-corrected chi connectivity index (χ4v) is 5.58. The van der Waals surface area contributed by atoms with E-state index in [0.29, 0.717) is 29.6 Å². The third-order valence-corrected chi connectivity index (χ3v) is 6.74. The zero-order valence-corrected chi connectivity index (χ0v) is 27.1. The van der Waals surface area contributed by atoms with E-state index in [9.17, 15) is 19.2 Å². The molecule has 0 saturated carbocycles. The van der Waals surface area contributed by atoms with Crippen molar-refractivity contribution in [2.45, 2.75) is 73.3 Å². The average Bonchev–Trinajstić information content (AvgIpc) is 2.91. The van der Waals surface area contributed by atoms with E-state index in [2.05, 4.69) is 62.5 Å². The Labute approximate surface area is 265 Å². The molecule has 0 spiro atoms. The van der Waals surface area contributed by atoms with Gasteiger partial charge in [-0.15, -0.1) is 0 Å². The number of carboxylic acid groups (broad SMARTS) is 1. The highest BCUT2D eigenvalue weighted by Crippen LogP contribution is 2.38. The summed E-state index contributed by atoms with van der Waals surface area (Å²) >= 11 is 0. The Balaban J connectivity index is 1.96. The third kappa shape index (κ3) is 14.1. The summed E-state index contributed by atoms with van der Waals surface area (Å²) in [7, 11) is 0. The number of rotatable bonds is 17. The SMILES string of the molecule is CC(C)CC(C)(C)CC(C)(C)COc1ccc(NC(=O)[C@H](CCC(=O)O)NC(=O)CNC(=O)c2cccc(N=C(N)N)c2)cc1. The molecule has 12 nitrogen and oxygen atoms in total. The van der Waals surface area contributed by atoms with Gasteiger partial charge in [0.2, 0.25) is 11.8 Å². The summed E-state index contributed by atoms with van der Waals surface area (Å²) in [5.41, 5.74) is 11.9. The lowest BCUT2D eigenvalue weighted by atomic mass is 9.72. The van der Waals surface area contributed by atoms with Crippen molar-refractivity contribution in [2.24, 2.45) is 33.2 Å². The Kier molecular flexibility index (Phi) is 13.4. The normalized spacial score (nSPS) is 12.2. The topological polar surface area (TPSA) is 198 Å². The van der Waals surface area contributed by atoms with Gasteiger partial charge in [0, 0.05) is 17.7 Å². The smallest absolute Gasteiger partial charge is 0.303 e. The minimum Gasteiger partial charge on any atom is -0.493 e. The Morgan fingerprint density at radius 1 is 0.978 bits per heavy atom. The number of guanidine groups is 1. The molecule has 0 aliphatic carbocycles. The van der Waals surface area contributed by atoms with Gasteiger partial charge in [0.25, 0.3) is 5.91 Å². The van der Waals surface area contributed by atoms with Crippen LogP contribution in [0.5, 0.6) is 5.75 Å². The van der Waals surface area contributed by atoms with Crippen molar-refractivity contribution in [1.29, 1.82) is 0 Å². The van der Waals surface area contributed by atoms with Gasteiger partial charge >= 0.3 is 5.97 Å². The maximum absolute atomic E-state index is 13.0. The van der Waals surface area contributed by atoms with E-state index in [-0.39, 0.29) is 35.2 Å². The summed E-state index contributed by atoms with van der Waals surface area (Å²) in [4.78, 5) is 53.2. The highest BCUT2D eigenvalue weighted by atomic mass is 16.5. The molecule has 0 aromatic heterocycles. The van der Waals surface area contributed by atoms with Crippen LogP contribution >= 0.6 is 0 Å². The van der Waals surface area contributed by atoms with Crippen molar-refractivity contribution in [3.63, 3.8) is 0 Å². The number of aliphatic imine (C=N–C) groups is 1. The second-order valence-electron chi connectivity index (χ2n) is 13.2. The molecule has 2 rings (SSSR count). The molecule has 0 fully saturated rings. The van der Waals surface area contributed by atoms with Gasteiger partial charge in [-0.3, -0.25) is 19.2 Å². The summed E-state index contributed by atoms with van der Waals surface area (Å²) in [6, 6.07) is 11.8. The number of anilines is 1. The van der Waals surface area contributed by atoms with Crippen molar-refractivity contribution in [3.8, 4) is 5.75 Å². The minimum absolute atomic E-state index is 0.0437. The minimum atomic E-state index is -1.15. The first-order chi connectivity index (χ1) is 20.9. The Hall–Kier alpha value is -4.61. The number of carboxylic acids is 1. The molecule has 12 heteroatoms. The molecule has 2 aromatic rings. The van der Waals surface area contributed by atoms with Crippen LogP contribution in [0.2, 0.25) is 0 Å². The molecule has 0 bridgehead atoms. The second-order valence-corrected chi connectivity index (χ2v) is 13.2. The maximum Gasteiger partial charge on any atom is 0.303 e. The summed E-state index contributed by atoms with van der Waals surface area (Å²) in [6.07, 6.45) is 1.64. The molecule has 2 aromatic carbocycles. The Morgan fingerprint density at radius 2 is 1.64 bits per heavy atom. The summed E-state index contributed by atoms with van der Waals surface area (Å²) in [5.74, 6) is -1.84. The Bertz CT molecular complexity index is 1350. The van der Waals surface area contributed by atoms with E-state index in [1.807, 2.05) is 0 Å². The first-order valence-electron chi connectivity index (χ1n) is 15.0. The van der Waals surface area contributed by atoms with E-state index in [1.54, 1.807) is 36.4 Å². The molecule has 0 radical (unpaired) electrons. The van der Waals surface area contributed by atoms with Crippen LogP contribution in [0, 0.1) is 16.7 Å². The van der Waals surface area contributed by atoms with Crippen LogP contribution in [0.1, 0.15) is 77.6 Å². The number of nitrogens with zero attached hydrogens (tertiary/aromatic N) is 1. The monoisotopic (exact) mass is 624 g/mol. The molecule has 0 unspecified atom stereocenters. The first-order valence-corrected chi connectivity index (χ1v) is 15.0. The number of carbonyl (C=O) groups is 4. The van der Waals surface area contributed by atoms with Crippen LogP contribution < -0.4 is 32.2 Å². The zero-order chi connectivity index (χ0) is 33.8. The van der Waals surface area contributed by atoms with Gasteiger partial charge in [0.05, 0.1) is 18.8 Å². The molecule has 45 heavy (non-hydrogen) atoms. The molecule has 0 aliphatic rings. The molecule has 0 heterocycles. The largest absolute Gasteiger partial charge is 0.493 e. The van der Waals surface area contributed by atoms with Crippen molar-refractivity contribution in [3.05, 3.63) is 54.1 Å². The van der Waals surface area contributed by atoms with E-state index in [0.717, 1.165) is 12.8 Å². The zero-order valence-electron chi connectivity index (χ0n) is 27.1. The molecule has 1 atom stereocenters. The van der Waals surface area contributed by atoms with Crippen LogP contribution in [-0.4, -0.2) is 54.0 Å². The molecular formula is C33H48N6O6. The summed E-state index contributed by atoms with van der Waals surface area (Å²) in [6.45, 7) is 13.5. The molecule has 246 valence electrons. The average molecular weight is 625 g/mol. The first kappa shape index (κ1) is 36.6. The van der Waals surface area contributed by atoms with Crippen molar-refractivity contribution >= 4 is 41.0 Å². The number of hydrogen-bond acceptors (Lipinski definition) is 6. The maximum atomic E-state index is 13.0. The van der Waals surface area contributed by atoms with Gasteiger partial charge in [0.15, 0.2) is 5.96 Å². The van der Waals surface area contributed by atoms with E-state index in [4.69, 9.17) is 21.3 Å². The fraction of sp³-hybridized carbons (Fsp3) is 0.485. The fourth-order valence-electron chi connectivity index (χ4n) is 5.58. The highest BCUT2D eigenvalue weighted by Gasteiger charge is 2.30. The third-order valence-electron chi connectivity index (χ3n) is 6.74. The molecule has 0 aliphatic heterocycles. The predicted molar refractivity (Wildman–Crippen MR) is 175 cm³/mol. The number of aliphatic carboxylic acids is 1. The standard InChI is InChI=1S/C33H48N6O6/c1-21(2)17-32(3,4)19-33(5,6)20-45-25-12-10-23(11-13-25)37-30(44)26(14-15-28(41)42)39-27(40)18-36-29(43)22-8-7-9-24(16-22)38-31(34)35/h7-13,16,21,26H,14-15,17-20H2,1-6H3,(H,36,43)(H,37,44)(H,39,40)(H,41,42)(H4,34,35,38)/t26-/m0/s1. The number of nitrogens with one attached hydrogen (secondary N) is 3. The van der Waals surface area contributed by atoms with Gasteiger partial charge in [-0.05, 0) is 78.5 Å². The predicted octanol–water partition coefficient (Wildman–Crippen LogP) is 4.18. The molecular weight excluding hydrogens is 576 g/mol. The molecule has 0 saturated heterocycles. The van der Waals surface area contributed by atoms with E-state index >= 15 is 0 Å². The number of carbonyl (C=O) groups excluding carboxylic acids is 3. The van der Waals surface area contributed by atoms with Crippen LogP contribution in [-0.2, 0) is 14.4 Å². The summed E-state index contributed by atoms with van der Waals surface area (Å²) in [5, 5.41) is 16.8. The van der Waals surface area contributed by atoms with E-state index in [1.165, 1.54) is 12.1 Å². The Morgan fingerprint density at radius 3 is 2.24 bits per heavy atom. The van der Waals surface area contributed by atoms with Crippen LogP contribution in [0.4, 0.5) is 11.4 Å². The van der Waals surface area contributed by atoms with Crippen LogP contribution in [0.15, 0.2) is 53.5 Å². The number of nitrogens with two attached hydrogens (primary N) is 2. The van der Waals surface area contributed by atoms with Gasteiger partial charge in [0.1, 0.15) is 11.8 Å². The number of ether oxygens (including phenoxy) is 1. The van der Waals surface area contributed by atoms with Crippen molar-refractivity contribution < 1.29 is 29.0 Å². The van der Waals surface area contributed by atoms with Crippen LogP contribution in [0.25, 0.3) is 0 Å². The number of amides is 3. The second kappa shape index (κ2) is 16.5. The molecule has 8 N–H and O–H groups in total. The lowest BCUT2D eigenvalue weighted by molar-refractivity contribution is -0.137. The van der Waals surface area contributed by atoms with E-state index < -0.39 is 36.3 Å². The molecule has 3 amide bonds. The van der Waals surface area contributed by atoms with Gasteiger partial charge < -0.3 is 37.3 Å². The number of benzene rings is 2. The lowest BCUT2D eigenvalue weighted by Crippen LogP contribution is -2.47. The highest BCUT2D eigenvalue weighted by molar-refractivity contribution is 6.00. The lowest BCUT2D eigenvalue weighted by Gasteiger charge is -2.36. The van der Waals surface area contributed by atoms with Crippen molar-refractivity contribution in [2.75, 3.05) is 18.5 Å². The van der Waals surface area contributed by atoms with Gasteiger partial charge in [-0.2, -0.15) is 0 Å². The quantitative estimate of drug-likeness (QED) is 0.111. The van der Waals surface area contributed by atoms with Crippen LogP contribution in [0.3, 0.4) is 0 Å². The number of hydrogen-bond donors (Lipinski definition) is 6. The van der Waals surface area contributed by atoms with Crippen molar-refractivity contribution in [1.82, 2.24) is 10.6 Å².